The quantitative estimate of drug-likeness (QED) is 0.0938. The molecular weight excluding hydrogens is 869 g/mol. The number of nitrogens with one attached hydrogen (secondary N) is 7. The topological polar surface area (TPSA) is 294 Å². The van der Waals surface area contributed by atoms with E-state index in [-0.39, 0.29) is 32.2 Å². The maximum atomic E-state index is 14.7. The molecule has 10 N–H and O–H groups in total. The third-order valence-corrected chi connectivity index (χ3v) is 12.0. The van der Waals surface area contributed by atoms with Crippen molar-refractivity contribution >= 4 is 47.3 Å². The van der Waals surface area contributed by atoms with Crippen LogP contribution >= 0.6 is 0 Å². The highest BCUT2D eigenvalue weighted by atomic mass is 16.5. The number of hydrogen-bond donors (Lipinski definition) is 10. The highest BCUT2D eigenvalue weighted by Gasteiger charge is 2.48. The molecule has 11 atom stereocenters. The Kier molecular flexibility index (Phi) is 17.2. The standard InChI is InChI=1S/C47H58N8O12/c1-26-41(60)54-34(24-48-46(65)40-37(50-27(2)57)39(59)38(58)36(25-56)67-40)44(63)51-32(22-29-15-8-4-9-16-29)43(62)53-33(23-30-17-10-5-11-18-30)47(66)55-20-12-19-35(55)45(64)52-31(42(61)49-26)21-28-13-6-3-7-14-28/h3-11,13-18,26,31-40,56,58-59H,12,19-25H2,1-2H3,(H,48,65)(H,49,61)(H,50,57)(H,51,63)(H,52,64)(H,53,62)(H,54,60)/t26-,31-,32-,33-,34-,35+,36+,37+,38+,39+,40+/m0/s1. The van der Waals surface area contributed by atoms with Gasteiger partial charge < -0.3 is 62.2 Å². The van der Waals surface area contributed by atoms with Gasteiger partial charge in [0.05, 0.1) is 12.6 Å². The number of aliphatic hydroxyl groups excluding tert-OH is 3. The molecule has 0 spiro atoms. The number of hydrogen-bond acceptors (Lipinski definition) is 12. The highest BCUT2D eigenvalue weighted by molar-refractivity contribution is 5.99. The Morgan fingerprint density at radius 3 is 1.67 bits per heavy atom. The first-order valence-electron chi connectivity index (χ1n) is 22.2. The van der Waals surface area contributed by atoms with Crippen LogP contribution in [0.25, 0.3) is 0 Å². The Morgan fingerprint density at radius 1 is 0.657 bits per heavy atom. The van der Waals surface area contributed by atoms with Crippen molar-refractivity contribution in [3.63, 3.8) is 0 Å². The van der Waals surface area contributed by atoms with E-state index in [9.17, 15) is 53.7 Å². The lowest BCUT2D eigenvalue weighted by molar-refractivity contribution is -0.198. The summed E-state index contributed by atoms with van der Waals surface area (Å²) < 4.78 is 5.60. The van der Waals surface area contributed by atoms with Crippen LogP contribution < -0.4 is 37.2 Å². The number of carbonyl (C=O) groups is 8. The molecule has 3 aliphatic heterocycles. The Bertz CT molecular complexity index is 2240. The summed E-state index contributed by atoms with van der Waals surface area (Å²) in [5, 5.41) is 49.4. The van der Waals surface area contributed by atoms with Gasteiger partial charge in [-0.05, 0) is 36.5 Å². The van der Waals surface area contributed by atoms with E-state index in [2.05, 4.69) is 37.2 Å². The largest absolute Gasteiger partial charge is 0.394 e. The second-order valence-electron chi connectivity index (χ2n) is 17.0. The van der Waals surface area contributed by atoms with Gasteiger partial charge in [0.25, 0.3) is 5.91 Å². The van der Waals surface area contributed by atoms with Crippen LogP contribution in [0, 0.1) is 0 Å². The number of rotatable bonds is 11. The Morgan fingerprint density at radius 2 is 1.13 bits per heavy atom. The summed E-state index contributed by atoms with van der Waals surface area (Å²) in [7, 11) is 0. The highest BCUT2D eigenvalue weighted by Crippen LogP contribution is 2.23. The molecule has 0 aromatic heterocycles. The fraction of sp³-hybridized carbons (Fsp3) is 0.447. The van der Waals surface area contributed by atoms with E-state index in [4.69, 9.17) is 4.74 Å². The molecule has 0 unspecified atom stereocenters. The number of benzene rings is 3. The van der Waals surface area contributed by atoms with Gasteiger partial charge in [0.1, 0.15) is 54.6 Å². The van der Waals surface area contributed by atoms with E-state index in [1.807, 2.05) is 0 Å². The van der Waals surface area contributed by atoms with E-state index in [1.165, 1.54) is 11.8 Å². The molecule has 20 heteroatoms. The molecule has 67 heavy (non-hydrogen) atoms. The van der Waals surface area contributed by atoms with Crippen LogP contribution in [0.1, 0.15) is 43.4 Å². The number of amides is 8. The summed E-state index contributed by atoms with van der Waals surface area (Å²) in [5.74, 6) is -6.28. The predicted molar refractivity (Wildman–Crippen MR) is 239 cm³/mol. The summed E-state index contributed by atoms with van der Waals surface area (Å²) in [4.78, 5) is 113. The molecular formula is C47H58N8O12. The molecule has 3 fully saturated rings. The smallest absolute Gasteiger partial charge is 0.251 e. The minimum atomic E-state index is -1.77. The molecule has 3 heterocycles. The van der Waals surface area contributed by atoms with Crippen LogP contribution in [-0.4, -0.2) is 154 Å². The summed E-state index contributed by atoms with van der Waals surface area (Å²) in [6.45, 7) is 1.13. The summed E-state index contributed by atoms with van der Waals surface area (Å²) in [6, 6.07) is 17.0. The van der Waals surface area contributed by atoms with Crippen molar-refractivity contribution in [2.75, 3.05) is 19.7 Å². The summed E-state index contributed by atoms with van der Waals surface area (Å²) in [5.41, 5.74) is 1.98. The molecule has 358 valence electrons. The first-order chi connectivity index (χ1) is 32.1. The van der Waals surface area contributed by atoms with Crippen molar-refractivity contribution in [2.45, 2.75) is 113 Å². The van der Waals surface area contributed by atoms with Gasteiger partial charge in [0.2, 0.25) is 41.4 Å². The van der Waals surface area contributed by atoms with E-state index in [1.54, 1.807) is 91.0 Å². The third kappa shape index (κ3) is 13.0. The van der Waals surface area contributed by atoms with Crippen LogP contribution in [-0.2, 0) is 62.4 Å². The van der Waals surface area contributed by atoms with E-state index in [0.717, 1.165) is 6.92 Å². The Hall–Kier alpha value is -6.74. The summed E-state index contributed by atoms with van der Waals surface area (Å²) >= 11 is 0. The lowest BCUT2D eigenvalue weighted by Crippen LogP contribution is -2.68. The SMILES string of the molecule is CC(=O)N[C@@H]1[C@@H](O)[C@H](O)[C@@H](CO)O[C@H]1C(=O)NC[C@@H]1NC(=O)[C@H](C)NC(=O)[C@H](Cc2ccccc2)NC(=O)[C@H]2CCCN2C(=O)[C@H](Cc2ccccc2)NC(=O)[C@H](Cc2ccccc2)NC1=O. The molecule has 0 bridgehead atoms. The monoisotopic (exact) mass is 926 g/mol. The first kappa shape index (κ1) is 49.7. The van der Waals surface area contributed by atoms with Crippen LogP contribution in [0.15, 0.2) is 91.0 Å². The van der Waals surface area contributed by atoms with Gasteiger partial charge in [0.15, 0.2) is 6.10 Å². The van der Waals surface area contributed by atoms with Crippen molar-refractivity contribution in [3.8, 4) is 0 Å². The second-order valence-corrected chi connectivity index (χ2v) is 17.0. The van der Waals surface area contributed by atoms with Crippen molar-refractivity contribution < 1.29 is 58.4 Å². The fourth-order valence-electron chi connectivity index (χ4n) is 8.41. The van der Waals surface area contributed by atoms with Gasteiger partial charge >= 0.3 is 0 Å². The van der Waals surface area contributed by atoms with Gasteiger partial charge in [-0.25, -0.2) is 0 Å². The molecule has 0 saturated carbocycles. The molecule has 3 aromatic rings. The van der Waals surface area contributed by atoms with Crippen LogP contribution in [0.5, 0.6) is 0 Å². The summed E-state index contributed by atoms with van der Waals surface area (Å²) in [6.07, 6.45) is -5.96. The van der Waals surface area contributed by atoms with Gasteiger partial charge in [0, 0.05) is 39.3 Å². The molecule has 3 saturated heterocycles. The van der Waals surface area contributed by atoms with Crippen LogP contribution in [0.3, 0.4) is 0 Å². The normalized spacial score (nSPS) is 28.9. The van der Waals surface area contributed by atoms with Crippen molar-refractivity contribution in [1.29, 1.82) is 0 Å². The zero-order valence-electron chi connectivity index (χ0n) is 37.1. The first-order valence-corrected chi connectivity index (χ1v) is 22.2. The number of ether oxygens (including phenoxy) is 1. The zero-order chi connectivity index (χ0) is 48.2. The van der Waals surface area contributed by atoms with E-state index >= 15 is 0 Å². The number of carbonyl (C=O) groups excluding carboxylic acids is 8. The molecule has 6 rings (SSSR count). The maximum absolute atomic E-state index is 14.7. The third-order valence-electron chi connectivity index (χ3n) is 12.0. The van der Waals surface area contributed by atoms with Gasteiger partial charge in [-0.2, -0.15) is 0 Å². The molecule has 20 nitrogen and oxygen atoms in total. The average molecular weight is 927 g/mol. The molecule has 8 amide bonds. The number of aliphatic hydroxyl groups is 3. The van der Waals surface area contributed by atoms with Crippen molar-refractivity contribution in [2.24, 2.45) is 0 Å². The minimum Gasteiger partial charge on any atom is -0.394 e. The molecule has 0 radical (unpaired) electrons. The Balaban J connectivity index is 1.36. The zero-order valence-corrected chi connectivity index (χ0v) is 37.1. The number of nitrogens with zero attached hydrogens (tertiary/aromatic N) is 1. The van der Waals surface area contributed by atoms with Crippen molar-refractivity contribution in [3.05, 3.63) is 108 Å². The van der Waals surface area contributed by atoms with Gasteiger partial charge in [-0.15, -0.1) is 0 Å². The van der Waals surface area contributed by atoms with Gasteiger partial charge in [-0.1, -0.05) is 91.0 Å². The lowest BCUT2D eigenvalue weighted by Gasteiger charge is -2.41. The van der Waals surface area contributed by atoms with Crippen LogP contribution in [0.4, 0.5) is 0 Å². The number of fused-ring (bicyclic) bond motifs is 1. The average Bonchev–Trinajstić information content (AvgIpc) is 3.82. The van der Waals surface area contributed by atoms with E-state index in [0.29, 0.717) is 23.1 Å². The maximum Gasteiger partial charge on any atom is 0.251 e. The van der Waals surface area contributed by atoms with Crippen LogP contribution in [0.2, 0.25) is 0 Å². The fourth-order valence-corrected chi connectivity index (χ4v) is 8.41. The molecule has 3 aliphatic rings. The van der Waals surface area contributed by atoms with E-state index < -0.39 is 127 Å². The Labute approximate surface area is 387 Å². The predicted octanol–water partition coefficient (Wildman–Crippen LogP) is -2.73. The molecule has 0 aliphatic carbocycles. The van der Waals surface area contributed by atoms with Crippen molar-refractivity contribution in [1.82, 2.24) is 42.1 Å². The lowest BCUT2D eigenvalue weighted by atomic mass is 9.92. The van der Waals surface area contributed by atoms with Gasteiger partial charge in [-0.3, -0.25) is 38.4 Å². The molecule has 3 aromatic carbocycles. The second kappa shape index (κ2) is 23.1. The minimum absolute atomic E-state index is 0.00551.